The molecule has 0 aliphatic rings. The number of pyridine rings is 1. The number of methoxy groups -OCH3 is 1. The van der Waals surface area contributed by atoms with Crippen molar-refractivity contribution >= 4 is 5.82 Å². The molecule has 0 amide bonds. The van der Waals surface area contributed by atoms with Crippen molar-refractivity contribution in [2.75, 3.05) is 19.5 Å². The molecule has 0 fully saturated rings. The second-order valence-electron chi connectivity index (χ2n) is 3.51. The number of nitrogens with zero attached hydrogens (tertiary/aromatic N) is 1. The van der Waals surface area contributed by atoms with Gasteiger partial charge in [0.15, 0.2) is 0 Å². The smallest absolute Gasteiger partial charge is 0.126 e. The van der Waals surface area contributed by atoms with Crippen LogP contribution in [0.25, 0.3) is 0 Å². The lowest BCUT2D eigenvalue weighted by atomic mass is 10.1. The molecule has 1 heterocycles. The highest BCUT2D eigenvalue weighted by atomic mass is 16.5. The Morgan fingerprint density at radius 1 is 1.43 bits per heavy atom. The standard InChI is InChI=1S/C11H18N2O/c1-9-7-10(11(12)13-8-9)5-3-4-6-14-2/h7-8H,3-6H2,1-2H3,(H2,12,13). The molecular weight excluding hydrogens is 176 g/mol. The van der Waals surface area contributed by atoms with Gasteiger partial charge in [0, 0.05) is 19.9 Å². The van der Waals surface area contributed by atoms with Crippen LogP contribution in [0.2, 0.25) is 0 Å². The van der Waals surface area contributed by atoms with Crippen LogP contribution < -0.4 is 5.73 Å². The molecule has 0 radical (unpaired) electrons. The summed E-state index contributed by atoms with van der Waals surface area (Å²) in [5.74, 6) is 0.660. The van der Waals surface area contributed by atoms with Crippen molar-refractivity contribution in [1.29, 1.82) is 0 Å². The summed E-state index contributed by atoms with van der Waals surface area (Å²) in [6.45, 7) is 2.85. The lowest BCUT2D eigenvalue weighted by Crippen LogP contribution is -1.99. The van der Waals surface area contributed by atoms with Crippen molar-refractivity contribution in [3.8, 4) is 0 Å². The van der Waals surface area contributed by atoms with E-state index in [-0.39, 0.29) is 0 Å². The van der Waals surface area contributed by atoms with Gasteiger partial charge in [0.1, 0.15) is 5.82 Å². The van der Waals surface area contributed by atoms with Crippen molar-refractivity contribution in [2.45, 2.75) is 26.2 Å². The highest BCUT2D eigenvalue weighted by molar-refractivity contribution is 5.40. The third kappa shape index (κ3) is 3.34. The van der Waals surface area contributed by atoms with E-state index in [0.29, 0.717) is 5.82 Å². The van der Waals surface area contributed by atoms with E-state index in [1.807, 2.05) is 6.92 Å². The summed E-state index contributed by atoms with van der Waals surface area (Å²) >= 11 is 0. The molecule has 0 aromatic carbocycles. The SMILES string of the molecule is COCCCCc1cc(C)cnc1N. The molecule has 1 rings (SSSR count). The zero-order valence-electron chi connectivity index (χ0n) is 8.92. The van der Waals surface area contributed by atoms with Crippen LogP contribution in [-0.4, -0.2) is 18.7 Å². The van der Waals surface area contributed by atoms with E-state index in [4.69, 9.17) is 10.5 Å². The molecule has 0 unspecified atom stereocenters. The second kappa shape index (κ2) is 5.60. The summed E-state index contributed by atoms with van der Waals surface area (Å²) in [6.07, 6.45) is 4.96. The Labute approximate surface area is 85.3 Å². The maximum Gasteiger partial charge on any atom is 0.126 e. The Bertz CT molecular complexity index is 287. The summed E-state index contributed by atoms with van der Waals surface area (Å²) in [5, 5.41) is 0. The number of nitrogens with two attached hydrogens (primary N) is 1. The van der Waals surface area contributed by atoms with Gasteiger partial charge < -0.3 is 10.5 Å². The number of aromatic nitrogens is 1. The molecule has 2 N–H and O–H groups in total. The van der Waals surface area contributed by atoms with Crippen molar-refractivity contribution in [3.63, 3.8) is 0 Å². The first-order valence-corrected chi connectivity index (χ1v) is 4.94. The van der Waals surface area contributed by atoms with Crippen LogP contribution in [0.3, 0.4) is 0 Å². The van der Waals surface area contributed by atoms with Gasteiger partial charge >= 0.3 is 0 Å². The summed E-state index contributed by atoms with van der Waals surface area (Å²) < 4.78 is 4.99. The molecular formula is C11H18N2O. The fraction of sp³-hybridized carbons (Fsp3) is 0.545. The van der Waals surface area contributed by atoms with Gasteiger partial charge in [-0.1, -0.05) is 6.07 Å². The molecule has 3 nitrogen and oxygen atoms in total. The van der Waals surface area contributed by atoms with E-state index >= 15 is 0 Å². The van der Waals surface area contributed by atoms with Crippen molar-refractivity contribution in [3.05, 3.63) is 23.4 Å². The van der Waals surface area contributed by atoms with E-state index < -0.39 is 0 Å². The van der Waals surface area contributed by atoms with Crippen LogP contribution in [0.4, 0.5) is 5.82 Å². The highest BCUT2D eigenvalue weighted by Crippen LogP contribution is 2.13. The molecule has 1 aromatic heterocycles. The number of hydrogen-bond acceptors (Lipinski definition) is 3. The second-order valence-corrected chi connectivity index (χ2v) is 3.51. The average Bonchev–Trinajstić information content (AvgIpc) is 2.18. The van der Waals surface area contributed by atoms with E-state index in [2.05, 4.69) is 11.1 Å². The normalized spacial score (nSPS) is 10.4. The quantitative estimate of drug-likeness (QED) is 0.729. The van der Waals surface area contributed by atoms with Crippen molar-refractivity contribution < 1.29 is 4.74 Å². The van der Waals surface area contributed by atoms with Gasteiger partial charge in [0.25, 0.3) is 0 Å². The number of aryl methyl sites for hydroxylation is 2. The Hall–Kier alpha value is -1.09. The molecule has 0 saturated heterocycles. The summed E-state index contributed by atoms with van der Waals surface area (Å²) in [6, 6.07) is 2.11. The van der Waals surface area contributed by atoms with Gasteiger partial charge in [-0.3, -0.25) is 0 Å². The first kappa shape index (κ1) is 11.0. The largest absolute Gasteiger partial charge is 0.385 e. The molecule has 0 atom stereocenters. The van der Waals surface area contributed by atoms with Gasteiger partial charge in [0.05, 0.1) is 0 Å². The molecule has 3 heteroatoms. The van der Waals surface area contributed by atoms with Crippen LogP contribution in [0.5, 0.6) is 0 Å². The van der Waals surface area contributed by atoms with Gasteiger partial charge in [-0.25, -0.2) is 4.98 Å². The molecule has 14 heavy (non-hydrogen) atoms. The zero-order chi connectivity index (χ0) is 10.4. The van der Waals surface area contributed by atoms with Crippen LogP contribution in [-0.2, 0) is 11.2 Å². The van der Waals surface area contributed by atoms with Gasteiger partial charge in [-0.15, -0.1) is 0 Å². The topological polar surface area (TPSA) is 48.1 Å². The third-order valence-electron chi connectivity index (χ3n) is 2.18. The van der Waals surface area contributed by atoms with E-state index in [0.717, 1.165) is 31.4 Å². The summed E-state index contributed by atoms with van der Waals surface area (Å²) in [4.78, 5) is 4.12. The van der Waals surface area contributed by atoms with Crippen molar-refractivity contribution in [2.24, 2.45) is 0 Å². The monoisotopic (exact) mass is 194 g/mol. The Kier molecular flexibility index (Phi) is 4.40. The molecule has 1 aromatic rings. The number of rotatable bonds is 5. The van der Waals surface area contributed by atoms with Crippen LogP contribution in [0.1, 0.15) is 24.0 Å². The summed E-state index contributed by atoms with van der Waals surface area (Å²) in [5.41, 5.74) is 8.08. The maximum absolute atomic E-state index is 5.76. The molecule has 0 spiro atoms. The van der Waals surface area contributed by atoms with E-state index in [1.54, 1.807) is 13.3 Å². The molecule has 0 aliphatic carbocycles. The minimum absolute atomic E-state index is 0.660. The minimum atomic E-state index is 0.660. The van der Waals surface area contributed by atoms with Gasteiger partial charge in [-0.2, -0.15) is 0 Å². The first-order chi connectivity index (χ1) is 6.74. The molecule has 78 valence electrons. The van der Waals surface area contributed by atoms with Gasteiger partial charge in [0.2, 0.25) is 0 Å². The Morgan fingerprint density at radius 2 is 2.21 bits per heavy atom. The predicted molar refractivity (Wildman–Crippen MR) is 58.2 cm³/mol. The number of unbranched alkanes of at least 4 members (excludes halogenated alkanes) is 1. The fourth-order valence-electron chi connectivity index (χ4n) is 1.40. The van der Waals surface area contributed by atoms with Crippen LogP contribution >= 0.6 is 0 Å². The minimum Gasteiger partial charge on any atom is -0.385 e. The van der Waals surface area contributed by atoms with Crippen LogP contribution in [0.15, 0.2) is 12.3 Å². The maximum atomic E-state index is 5.76. The number of nitrogen functional groups attached to an aromatic ring is 1. The Balaban J connectivity index is 2.45. The van der Waals surface area contributed by atoms with Crippen molar-refractivity contribution in [1.82, 2.24) is 4.98 Å². The molecule has 0 aliphatic heterocycles. The highest BCUT2D eigenvalue weighted by Gasteiger charge is 2.00. The Morgan fingerprint density at radius 3 is 2.93 bits per heavy atom. The number of ether oxygens (including phenoxy) is 1. The third-order valence-corrected chi connectivity index (χ3v) is 2.18. The van der Waals surface area contributed by atoms with E-state index in [1.165, 1.54) is 5.56 Å². The zero-order valence-corrected chi connectivity index (χ0v) is 8.92. The van der Waals surface area contributed by atoms with Gasteiger partial charge in [-0.05, 0) is 37.3 Å². The predicted octanol–water partition coefficient (Wildman–Crippen LogP) is 1.94. The number of hydrogen-bond donors (Lipinski definition) is 1. The molecule has 0 bridgehead atoms. The average molecular weight is 194 g/mol. The number of anilines is 1. The van der Waals surface area contributed by atoms with Crippen LogP contribution in [0, 0.1) is 6.92 Å². The molecule has 0 saturated carbocycles. The lowest BCUT2D eigenvalue weighted by Gasteiger charge is -2.05. The lowest BCUT2D eigenvalue weighted by molar-refractivity contribution is 0.193. The fourth-order valence-corrected chi connectivity index (χ4v) is 1.40. The summed E-state index contributed by atoms with van der Waals surface area (Å²) in [7, 11) is 1.72. The van der Waals surface area contributed by atoms with E-state index in [9.17, 15) is 0 Å². The first-order valence-electron chi connectivity index (χ1n) is 4.94.